The average Bonchev–Trinajstić information content (AvgIpc) is 3.16. The molecule has 3 aromatic rings. The molecule has 0 bridgehead atoms. The normalized spacial score (nSPS) is 13.5. The largest absolute Gasteiger partial charge is 0.431 e. The summed E-state index contributed by atoms with van der Waals surface area (Å²) in [6, 6.07) is 2.21. The molecule has 3 aromatic heterocycles. The quantitative estimate of drug-likeness (QED) is 0.807. The molecule has 6 nitrogen and oxygen atoms in total. The van der Waals surface area contributed by atoms with Gasteiger partial charge in [0.2, 0.25) is 11.7 Å². The smallest absolute Gasteiger partial charge is 0.348 e. The van der Waals surface area contributed by atoms with Gasteiger partial charge in [-0.1, -0.05) is 5.16 Å². The summed E-state index contributed by atoms with van der Waals surface area (Å²) >= 11 is 0. The predicted octanol–water partition coefficient (Wildman–Crippen LogP) is 2.97. The lowest BCUT2D eigenvalue weighted by molar-refractivity contribution is -0.140. The number of hydrogen-bond acceptors (Lipinski definition) is 4. The molecule has 1 N–H and O–H groups in total. The first kappa shape index (κ1) is 14.4. The Kier molecular flexibility index (Phi) is 3.27. The third-order valence-corrected chi connectivity index (χ3v) is 3.27. The van der Waals surface area contributed by atoms with Gasteiger partial charge in [-0.25, -0.2) is 0 Å². The molecular formula is C13H12F3N5O. The van der Waals surface area contributed by atoms with Crippen LogP contribution >= 0.6 is 0 Å². The number of hydrogen-bond donors (Lipinski definition) is 1. The molecule has 116 valence electrons. The molecule has 0 aromatic carbocycles. The van der Waals surface area contributed by atoms with E-state index in [1.807, 2.05) is 13.1 Å². The lowest BCUT2D eigenvalue weighted by Crippen LogP contribution is -2.04. The van der Waals surface area contributed by atoms with Crippen LogP contribution in [0, 0.1) is 0 Å². The number of aromatic nitrogens is 5. The Hall–Kier alpha value is -2.58. The predicted molar refractivity (Wildman–Crippen MR) is 69.8 cm³/mol. The van der Waals surface area contributed by atoms with Crippen LogP contribution in [0.4, 0.5) is 13.2 Å². The first-order valence-electron chi connectivity index (χ1n) is 6.43. The Morgan fingerprint density at radius 3 is 2.68 bits per heavy atom. The minimum Gasteiger partial charge on any atom is -0.348 e. The number of aryl methyl sites for hydroxylation is 1. The van der Waals surface area contributed by atoms with Gasteiger partial charge in [-0.2, -0.15) is 23.3 Å². The van der Waals surface area contributed by atoms with Gasteiger partial charge in [-0.15, -0.1) is 0 Å². The maximum Gasteiger partial charge on any atom is 0.431 e. The molecule has 0 amide bonds. The van der Waals surface area contributed by atoms with Gasteiger partial charge in [0.25, 0.3) is 0 Å². The van der Waals surface area contributed by atoms with E-state index >= 15 is 0 Å². The van der Waals surface area contributed by atoms with Crippen LogP contribution in [0.1, 0.15) is 30.0 Å². The Bertz CT molecular complexity index is 786. The third kappa shape index (κ3) is 2.61. The number of alkyl halides is 3. The van der Waals surface area contributed by atoms with Crippen molar-refractivity contribution in [3.05, 3.63) is 41.7 Å². The number of nitrogens with one attached hydrogen (secondary N) is 1. The number of halogens is 3. The molecule has 3 heterocycles. The van der Waals surface area contributed by atoms with Crippen molar-refractivity contribution < 1.29 is 17.7 Å². The Labute approximate surface area is 123 Å². The molecule has 3 rings (SSSR count). The minimum atomic E-state index is -4.44. The molecule has 1 atom stereocenters. The van der Waals surface area contributed by atoms with Gasteiger partial charge in [-0.05, 0) is 19.1 Å². The van der Waals surface area contributed by atoms with Crippen LogP contribution in [0.15, 0.2) is 29.0 Å². The molecule has 0 aliphatic rings. The Morgan fingerprint density at radius 1 is 1.32 bits per heavy atom. The lowest BCUT2D eigenvalue weighted by atomic mass is 10.1. The first-order chi connectivity index (χ1) is 10.3. The molecule has 0 spiro atoms. The summed E-state index contributed by atoms with van der Waals surface area (Å²) in [5, 5.41) is 7.78. The first-order valence-corrected chi connectivity index (χ1v) is 6.43. The van der Waals surface area contributed by atoms with E-state index in [0.717, 1.165) is 11.6 Å². The topological polar surface area (TPSA) is 72.5 Å². The fourth-order valence-electron chi connectivity index (χ4n) is 2.02. The highest BCUT2D eigenvalue weighted by molar-refractivity contribution is 5.50. The summed E-state index contributed by atoms with van der Waals surface area (Å²) in [4.78, 5) is 6.39. The zero-order valence-electron chi connectivity index (χ0n) is 11.7. The van der Waals surface area contributed by atoms with E-state index in [1.54, 1.807) is 17.9 Å². The SMILES string of the molecule is CC(c1cnn(C)c1)c1nc(-c2ccc(C(F)(F)F)[nH]2)no1. The fourth-order valence-corrected chi connectivity index (χ4v) is 2.02. The third-order valence-electron chi connectivity index (χ3n) is 3.27. The van der Waals surface area contributed by atoms with Crippen molar-refractivity contribution in [1.82, 2.24) is 24.9 Å². The molecule has 1 unspecified atom stereocenters. The zero-order chi connectivity index (χ0) is 15.9. The van der Waals surface area contributed by atoms with Gasteiger partial charge < -0.3 is 9.51 Å². The molecule has 0 saturated carbocycles. The molecule has 0 saturated heterocycles. The number of aromatic amines is 1. The van der Waals surface area contributed by atoms with E-state index in [0.29, 0.717) is 5.89 Å². The van der Waals surface area contributed by atoms with Gasteiger partial charge >= 0.3 is 6.18 Å². The van der Waals surface area contributed by atoms with Crippen LogP contribution in [0.5, 0.6) is 0 Å². The van der Waals surface area contributed by atoms with Crippen LogP contribution in [-0.4, -0.2) is 24.9 Å². The highest BCUT2D eigenvalue weighted by atomic mass is 19.4. The molecule has 0 radical (unpaired) electrons. The average molecular weight is 311 g/mol. The zero-order valence-corrected chi connectivity index (χ0v) is 11.7. The van der Waals surface area contributed by atoms with Crippen molar-refractivity contribution in [2.24, 2.45) is 7.05 Å². The van der Waals surface area contributed by atoms with Crippen molar-refractivity contribution in [3.63, 3.8) is 0 Å². The van der Waals surface area contributed by atoms with E-state index in [-0.39, 0.29) is 17.4 Å². The maximum absolute atomic E-state index is 12.6. The molecule has 9 heteroatoms. The molecule has 0 fully saturated rings. The Morgan fingerprint density at radius 2 is 2.09 bits per heavy atom. The van der Waals surface area contributed by atoms with Crippen molar-refractivity contribution in [2.45, 2.75) is 19.0 Å². The van der Waals surface area contributed by atoms with Gasteiger partial charge in [0, 0.05) is 18.8 Å². The van der Waals surface area contributed by atoms with Gasteiger partial charge in [-0.3, -0.25) is 4.68 Å². The molecular weight excluding hydrogens is 299 g/mol. The van der Waals surface area contributed by atoms with Crippen molar-refractivity contribution in [1.29, 1.82) is 0 Å². The summed E-state index contributed by atoms with van der Waals surface area (Å²) < 4.78 is 44.5. The summed E-state index contributed by atoms with van der Waals surface area (Å²) in [7, 11) is 1.78. The summed E-state index contributed by atoms with van der Waals surface area (Å²) in [5.74, 6) is 0.194. The number of nitrogens with zero attached hydrogens (tertiary/aromatic N) is 4. The summed E-state index contributed by atoms with van der Waals surface area (Å²) in [6.45, 7) is 1.85. The van der Waals surface area contributed by atoms with Crippen molar-refractivity contribution >= 4 is 0 Å². The van der Waals surface area contributed by atoms with E-state index in [9.17, 15) is 13.2 Å². The molecule has 22 heavy (non-hydrogen) atoms. The van der Waals surface area contributed by atoms with Crippen LogP contribution in [0.2, 0.25) is 0 Å². The second-order valence-corrected chi connectivity index (χ2v) is 4.91. The van der Waals surface area contributed by atoms with Crippen molar-refractivity contribution in [2.75, 3.05) is 0 Å². The fraction of sp³-hybridized carbons (Fsp3) is 0.308. The number of H-pyrrole nitrogens is 1. The van der Waals surface area contributed by atoms with E-state index in [4.69, 9.17) is 4.52 Å². The van der Waals surface area contributed by atoms with E-state index in [2.05, 4.69) is 20.2 Å². The summed E-state index contributed by atoms with van der Waals surface area (Å²) in [5.41, 5.74) is 0.176. The van der Waals surface area contributed by atoms with Crippen molar-refractivity contribution in [3.8, 4) is 11.5 Å². The highest BCUT2D eigenvalue weighted by Crippen LogP contribution is 2.30. The van der Waals surface area contributed by atoms with Gasteiger partial charge in [0.05, 0.1) is 17.8 Å². The van der Waals surface area contributed by atoms with E-state index in [1.165, 1.54) is 6.07 Å². The van der Waals surface area contributed by atoms with Crippen LogP contribution in [0.25, 0.3) is 11.5 Å². The van der Waals surface area contributed by atoms with E-state index < -0.39 is 11.9 Å². The summed E-state index contributed by atoms with van der Waals surface area (Å²) in [6.07, 6.45) is -0.955. The van der Waals surface area contributed by atoms with Gasteiger partial charge in [0.15, 0.2) is 0 Å². The van der Waals surface area contributed by atoms with Crippen LogP contribution in [-0.2, 0) is 13.2 Å². The minimum absolute atomic E-state index is 0.0845. The lowest BCUT2D eigenvalue weighted by Gasteiger charge is -2.01. The van der Waals surface area contributed by atoms with Crippen LogP contribution in [0.3, 0.4) is 0 Å². The highest BCUT2D eigenvalue weighted by Gasteiger charge is 2.32. The molecule has 0 aliphatic heterocycles. The standard InChI is InChI=1S/C13H12F3N5O/c1-7(8-5-17-21(2)6-8)12-19-11(20-22-12)9-3-4-10(18-9)13(14,15)16/h3-7,18H,1-2H3. The second kappa shape index (κ2) is 5.00. The van der Waals surface area contributed by atoms with Gasteiger partial charge in [0.1, 0.15) is 5.69 Å². The monoisotopic (exact) mass is 311 g/mol. The number of rotatable bonds is 3. The Balaban J connectivity index is 1.86. The molecule has 0 aliphatic carbocycles. The van der Waals surface area contributed by atoms with Crippen LogP contribution < -0.4 is 0 Å². The second-order valence-electron chi connectivity index (χ2n) is 4.91. The maximum atomic E-state index is 12.6.